The van der Waals surface area contributed by atoms with Crippen LogP contribution in [0.5, 0.6) is 0 Å². The quantitative estimate of drug-likeness (QED) is 0.888. The van der Waals surface area contributed by atoms with Crippen LogP contribution in [0.3, 0.4) is 0 Å². The minimum Gasteiger partial charge on any atom is -0.389 e. The van der Waals surface area contributed by atoms with Crippen LogP contribution in [-0.4, -0.2) is 17.3 Å². The molecule has 0 heterocycles. The summed E-state index contributed by atoms with van der Waals surface area (Å²) in [4.78, 5) is 0. The zero-order valence-corrected chi connectivity index (χ0v) is 12.2. The first-order chi connectivity index (χ1) is 9.30. The molecule has 1 aromatic rings. The molecule has 0 radical (unpaired) electrons. The SMILES string of the molecule is CC1(C)CCC(O)(CNCc2ccc(F)cc2F)CC1. The molecule has 0 amide bonds. The van der Waals surface area contributed by atoms with Crippen molar-refractivity contribution in [3.05, 3.63) is 35.4 Å². The number of benzene rings is 1. The molecule has 2 nitrogen and oxygen atoms in total. The van der Waals surface area contributed by atoms with Crippen molar-refractivity contribution in [2.24, 2.45) is 5.41 Å². The molecule has 20 heavy (non-hydrogen) atoms. The average molecular weight is 283 g/mol. The van der Waals surface area contributed by atoms with Crippen LogP contribution in [0.2, 0.25) is 0 Å². The molecule has 0 atom stereocenters. The van der Waals surface area contributed by atoms with E-state index in [1.54, 1.807) is 0 Å². The van der Waals surface area contributed by atoms with Gasteiger partial charge in [-0.25, -0.2) is 8.78 Å². The van der Waals surface area contributed by atoms with Crippen molar-refractivity contribution in [2.45, 2.75) is 51.7 Å². The van der Waals surface area contributed by atoms with E-state index >= 15 is 0 Å². The summed E-state index contributed by atoms with van der Waals surface area (Å²) >= 11 is 0. The molecular weight excluding hydrogens is 260 g/mol. The van der Waals surface area contributed by atoms with Gasteiger partial charge in [0, 0.05) is 24.7 Å². The highest BCUT2D eigenvalue weighted by Crippen LogP contribution is 2.39. The van der Waals surface area contributed by atoms with Crippen LogP contribution >= 0.6 is 0 Å². The molecule has 0 spiro atoms. The summed E-state index contributed by atoms with van der Waals surface area (Å²) in [6.07, 6.45) is 3.52. The molecule has 0 aromatic heterocycles. The maximum atomic E-state index is 13.5. The minimum absolute atomic E-state index is 0.301. The monoisotopic (exact) mass is 283 g/mol. The fourth-order valence-electron chi connectivity index (χ4n) is 2.66. The van der Waals surface area contributed by atoms with Gasteiger partial charge in [-0.05, 0) is 37.2 Å². The molecule has 2 N–H and O–H groups in total. The number of hydrogen-bond donors (Lipinski definition) is 2. The fourth-order valence-corrected chi connectivity index (χ4v) is 2.66. The summed E-state index contributed by atoms with van der Waals surface area (Å²) in [7, 11) is 0. The average Bonchev–Trinajstić information content (AvgIpc) is 2.37. The normalized spacial score (nSPS) is 20.9. The number of hydrogen-bond acceptors (Lipinski definition) is 2. The van der Waals surface area contributed by atoms with Gasteiger partial charge in [0.2, 0.25) is 0 Å². The van der Waals surface area contributed by atoms with E-state index < -0.39 is 17.2 Å². The van der Waals surface area contributed by atoms with Gasteiger partial charge in [0.1, 0.15) is 11.6 Å². The van der Waals surface area contributed by atoms with Crippen LogP contribution in [0.4, 0.5) is 8.78 Å². The van der Waals surface area contributed by atoms with Gasteiger partial charge in [-0.1, -0.05) is 19.9 Å². The van der Waals surface area contributed by atoms with Gasteiger partial charge in [0.05, 0.1) is 5.60 Å². The molecule has 1 fully saturated rings. The highest BCUT2D eigenvalue weighted by molar-refractivity contribution is 5.18. The topological polar surface area (TPSA) is 32.3 Å². The zero-order valence-electron chi connectivity index (χ0n) is 12.2. The van der Waals surface area contributed by atoms with E-state index in [9.17, 15) is 13.9 Å². The van der Waals surface area contributed by atoms with Crippen LogP contribution in [0.25, 0.3) is 0 Å². The van der Waals surface area contributed by atoms with Crippen molar-refractivity contribution in [2.75, 3.05) is 6.54 Å². The van der Waals surface area contributed by atoms with Crippen LogP contribution < -0.4 is 5.32 Å². The predicted octanol–water partition coefficient (Wildman–Crippen LogP) is 3.39. The highest BCUT2D eigenvalue weighted by atomic mass is 19.1. The molecule has 0 unspecified atom stereocenters. The molecule has 4 heteroatoms. The van der Waals surface area contributed by atoms with Gasteiger partial charge in [0.25, 0.3) is 0 Å². The van der Waals surface area contributed by atoms with Crippen LogP contribution in [0.15, 0.2) is 18.2 Å². The summed E-state index contributed by atoms with van der Waals surface area (Å²) in [6, 6.07) is 3.57. The standard InChI is InChI=1S/C16H23F2NO/c1-15(2)5-7-16(20,8-6-15)11-19-10-12-3-4-13(17)9-14(12)18/h3-4,9,19-20H,5-8,10-11H2,1-2H3. The van der Waals surface area contributed by atoms with E-state index in [0.29, 0.717) is 24.1 Å². The van der Waals surface area contributed by atoms with E-state index in [1.807, 2.05) is 0 Å². The summed E-state index contributed by atoms with van der Waals surface area (Å²) < 4.78 is 26.3. The molecule has 0 saturated heterocycles. The van der Waals surface area contributed by atoms with Crippen LogP contribution in [0, 0.1) is 17.0 Å². The zero-order chi connectivity index (χ0) is 14.8. The third kappa shape index (κ3) is 4.00. The Kier molecular flexibility index (Phi) is 4.45. The summed E-state index contributed by atoms with van der Waals surface area (Å²) in [5, 5.41) is 13.6. The second-order valence-electron chi connectivity index (χ2n) is 6.73. The Morgan fingerprint density at radius 1 is 1.15 bits per heavy atom. The Balaban J connectivity index is 1.84. The van der Waals surface area contributed by atoms with E-state index in [1.165, 1.54) is 12.1 Å². The molecule has 112 valence electrons. The number of nitrogens with one attached hydrogen (secondary N) is 1. The Morgan fingerprint density at radius 2 is 1.80 bits per heavy atom. The molecule has 1 aliphatic carbocycles. The highest BCUT2D eigenvalue weighted by Gasteiger charge is 2.36. The third-order valence-electron chi connectivity index (χ3n) is 4.32. The largest absolute Gasteiger partial charge is 0.389 e. The van der Waals surface area contributed by atoms with Gasteiger partial charge in [-0.15, -0.1) is 0 Å². The van der Waals surface area contributed by atoms with Crippen molar-refractivity contribution < 1.29 is 13.9 Å². The Bertz CT molecular complexity index is 464. The first kappa shape index (κ1) is 15.4. The van der Waals surface area contributed by atoms with Gasteiger partial charge >= 0.3 is 0 Å². The van der Waals surface area contributed by atoms with E-state index in [4.69, 9.17) is 0 Å². The van der Waals surface area contributed by atoms with Crippen LogP contribution in [-0.2, 0) is 6.54 Å². The van der Waals surface area contributed by atoms with Crippen molar-refractivity contribution in [3.8, 4) is 0 Å². The first-order valence-corrected chi connectivity index (χ1v) is 7.17. The van der Waals surface area contributed by atoms with Gasteiger partial charge in [-0.3, -0.25) is 0 Å². The second-order valence-corrected chi connectivity index (χ2v) is 6.73. The molecule has 1 aliphatic rings. The maximum Gasteiger partial charge on any atom is 0.130 e. The van der Waals surface area contributed by atoms with E-state index in [2.05, 4.69) is 19.2 Å². The van der Waals surface area contributed by atoms with Crippen molar-refractivity contribution >= 4 is 0 Å². The van der Waals surface area contributed by atoms with Crippen molar-refractivity contribution in [3.63, 3.8) is 0 Å². The summed E-state index contributed by atoms with van der Waals surface area (Å²) in [5.74, 6) is -1.12. The molecule has 1 saturated carbocycles. The molecular formula is C16H23F2NO. The van der Waals surface area contributed by atoms with Crippen molar-refractivity contribution in [1.29, 1.82) is 0 Å². The lowest BCUT2D eigenvalue weighted by molar-refractivity contribution is -0.0245. The van der Waals surface area contributed by atoms with E-state index in [0.717, 1.165) is 31.7 Å². The van der Waals surface area contributed by atoms with Crippen LogP contribution in [0.1, 0.15) is 45.1 Å². The molecule has 0 aliphatic heterocycles. The lowest BCUT2D eigenvalue weighted by atomic mass is 9.71. The fraction of sp³-hybridized carbons (Fsp3) is 0.625. The summed E-state index contributed by atoms with van der Waals surface area (Å²) in [6.45, 7) is 5.18. The number of rotatable bonds is 4. The Labute approximate surface area is 119 Å². The minimum atomic E-state index is -0.702. The van der Waals surface area contributed by atoms with Gasteiger partial charge in [-0.2, -0.15) is 0 Å². The maximum absolute atomic E-state index is 13.5. The third-order valence-corrected chi connectivity index (χ3v) is 4.32. The smallest absolute Gasteiger partial charge is 0.130 e. The summed E-state index contributed by atoms with van der Waals surface area (Å²) in [5.41, 5.74) is 0.0209. The van der Waals surface area contributed by atoms with E-state index in [-0.39, 0.29) is 0 Å². The molecule has 2 rings (SSSR count). The molecule has 1 aromatic carbocycles. The second kappa shape index (κ2) is 5.78. The Morgan fingerprint density at radius 3 is 2.40 bits per heavy atom. The van der Waals surface area contributed by atoms with Gasteiger partial charge < -0.3 is 10.4 Å². The lowest BCUT2D eigenvalue weighted by Gasteiger charge is -2.40. The predicted molar refractivity (Wildman–Crippen MR) is 75.3 cm³/mol. The molecule has 0 bridgehead atoms. The van der Waals surface area contributed by atoms with Gasteiger partial charge in [0.15, 0.2) is 0 Å². The first-order valence-electron chi connectivity index (χ1n) is 7.17. The van der Waals surface area contributed by atoms with Crippen molar-refractivity contribution in [1.82, 2.24) is 5.32 Å². The lowest BCUT2D eigenvalue weighted by Crippen LogP contribution is -2.44. The Hall–Kier alpha value is -1.00. The number of halogens is 2. The number of aliphatic hydroxyl groups is 1.